The monoisotopic (exact) mass is 497 g/mol. The third-order valence-electron chi connectivity index (χ3n) is 6.38. The van der Waals surface area contributed by atoms with Gasteiger partial charge in [-0.1, -0.05) is 30.0 Å². The summed E-state index contributed by atoms with van der Waals surface area (Å²) >= 11 is 1.44. The van der Waals surface area contributed by atoms with Crippen molar-refractivity contribution in [2.75, 3.05) is 44.8 Å². The number of hydrogen-bond acceptors (Lipinski definition) is 8. The Kier molecular flexibility index (Phi) is 6.66. The summed E-state index contributed by atoms with van der Waals surface area (Å²) in [7, 11) is 1.61. The van der Waals surface area contributed by atoms with Gasteiger partial charge in [-0.15, -0.1) is 5.10 Å². The minimum absolute atomic E-state index is 0.0833. The van der Waals surface area contributed by atoms with E-state index in [4.69, 9.17) is 9.47 Å². The average Bonchev–Trinajstić information content (AvgIpc) is 3.37. The van der Waals surface area contributed by atoms with Gasteiger partial charge in [-0.05, 0) is 43.7 Å². The topological polar surface area (TPSA) is 72.7 Å². The molecule has 0 amide bonds. The number of piperazine rings is 1. The van der Waals surface area contributed by atoms with Gasteiger partial charge in [0.05, 0.1) is 25.4 Å². The zero-order valence-electron chi connectivity index (χ0n) is 20.0. The van der Waals surface area contributed by atoms with Crippen LogP contribution in [0.1, 0.15) is 29.1 Å². The molecule has 0 radical (unpaired) electrons. The number of nitrogens with zero attached hydrogens (tertiary/aromatic N) is 5. The maximum Gasteiger partial charge on any atom is 0.264 e. The molecule has 0 spiro atoms. The average molecular weight is 498 g/mol. The second kappa shape index (κ2) is 9.87. The largest absolute Gasteiger partial charge is 0.493 e. The molecule has 184 valence electrons. The van der Waals surface area contributed by atoms with Crippen LogP contribution in [0, 0.1) is 12.7 Å². The molecule has 0 bridgehead atoms. The number of hydrogen-bond donors (Lipinski definition) is 0. The first kappa shape index (κ1) is 23.6. The van der Waals surface area contributed by atoms with Crippen molar-refractivity contribution in [2.45, 2.75) is 30.3 Å². The molecule has 2 atom stereocenters. The predicted molar refractivity (Wildman–Crippen MR) is 132 cm³/mol. The maximum atomic E-state index is 14.4. The predicted octanol–water partition coefficient (Wildman–Crippen LogP) is 3.81. The Morgan fingerprint density at radius 1 is 1.14 bits per heavy atom. The maximum absolute atomic E-state index is 14.4. The number of methoxy groups -OCH3 is 1. The lowest BCUT2D eigenvalue weighted by molar-refractivity contribution is 0.0829. The van der Waals surface area contributed by atoms with Crippen LogP contribution < -0.4 is 14.4 Å². The molecular weight excluding hydrogens is 469 g/mol. The summed E-state index contributed by atoms with van der Waals surface area (Å²) in [5, 5.41) is 4.51. The van der Waals surface area contributed by atoms with E-state index in [1.54, 1.807) is 20.1 Å². The molecule has 1 saturated heterocycles. The highest BCUT2D eigenvalue weighted by molar-refractivity contribution is 8.00. The van der Waals surface area contributed by atoms with Gasteiger partial charge in [0.15, 0.2) is 16.7 Å². The molecule has 35 heavy (non-hydrogen) atoms. The van der Waals surface area contributed by atoms with E-state index in [0.29, 0.717) is 61.0 Å². The van der Waals surface area contributed by atoms with Crippen molar-refractivity contribution in [3.8, 4) is 11.5 Å². The molecule has 5 rings (SSSR count). The quantitative estimate of drug-likeness (QED) is 0.488. The number of anilines is 1. The number of rotatable bonds is 7. The molecular formula is C25H28FN5O3S. The van der Waals surface area contributed by atoms with Crippen LogP contribution in [-0.4, -0.2) is 70.7 Å². The van der Waals surface area contributed by atoms with Crippen molar-refractivity contribution in [2.24, 2.45) is 0 Å². The summed E-state index contributed by atoms with van der Waals surface area (Å²) in [6.07, 6.45) is 0. The number of aryl methyl sites for hydroxylation is 1. The number of halogens is 1. The van der Waals surface area contributed by atoms with Crippen molar-refractivity contribution in [1.29, 1.82) is 0 Å². The highest BCUT2D eigenvalue weighted by Crippen LogP contribution is 2.43. The van der Waals surface area contributed by atoms with Crippen LogP contribution in [0.25, 0.3) is 0 Å². The zero-order chi connectivity index (χ0) is 24.5. The molecule has 1 aromatic heterocycles. The van der Waals surface area contributed by atoms with Crippen molar-refractivity contribution in [1.82, 2.24) is 19.7 Å². The lowest BCUT2D eigenvalue weighted by atomic mass is 9.99. The fraction of sp³-hybridized carbons (Fsp3) is 0.400. The van der Waals surface area contributed by atoms with Gasteiger partial charge < -0.3 is 14.4 Å². The smallest absolute Gasteiger partial charge is 0.264 e. The number of aromatic nitrogens is 3. The Balaban J connectivity index is 1.45. The molecule has 0 saturated carbocycles. The van der Waals surface area contributed by atoms with E-state index in [1.165, 1.54) is 22.5 Å². The van der Waals surface area contributed by atoms with Crippen molar-refractivity contribution >= 4 is 23.4 Å². The third kappa shape index (κ3) is 4.48. The number of ether oxygens (including phenoxy) is 2. The summed E-state index contributed by atoms with van der Waals surface area (Å²) in [5.41, 5.74) is 1.57. The van der Waals surface area contributed by atoms with Crippen LogP contribution in [0.3, 0.4) is 0 Å². The molecule has 8 nitrogen and oxygen atoms in total. The normalized spacial score (nSPS) is 19.0. The van der Waals surface area contributed by atoms with Crippen LogP contribution in [0.2, 0.25) is 0 Å². The highest BCUT2D eigenvalue weighted by atomic mass is 32.2. The standard InChI is InChI=1S/C25H28FN5O3S/c1-4-34-20-10-9-17(15-21(20)33-3)22(23-24(32)31-25(35-23)27-16(2)28-31)30-13-11-29(12-14-30)19-8-6-5-7-18(19)26/h5-10,15,22-23H,4,11-14H2,1-3H3. The number of carbonyl (C=O) groups excluding carboxylic acids is 1. The lowest BCUT2D eigenvalue weighted by Crippen LogP contribution is -2.50. The Bertz CT molecular complexity index is 1230. The van der Waals surface area contributed by atoms with Gasteiger partial charge in [0.25, 0.3) is 5.91 Å². The van der Waals surface area contributed by atoms with Gasteiger partial charge in [-0.25, -0.2) is 9.37 Å². The molecule has 2 aromatic carbocycles. The van der Waals surface area contributed by atoms with E-state index in [0.717, 1.165) is 5.56 Å². The Morgan fingerprint density at radius 2 is 1.91 bits per heavy atom. The van der Waals surface area contributed by atoms with E-state index in [9.17, 15) is 9.18 Å². The second-order valence-electron chi connectivity index (χ2n) is 8.49. The number of benzene rings is 2. The fourth-order valence-electron chi connectivity index (χ4n) is 4.77. The van der Waals surface area contributed by atoms with E-state index >= 15 is 0 Å². The number of thioether (sulfide) groups is 1. The Labute approximate surface area is 208 Å². The lowest BCUT2D eigenvalue weighted by Gasteiger charge is -2.41. The number of carbonyl (C=O) groups is 1. The Morgan fingerprint density at radius 3 is 2.60 bits per heavy atom. The van der Waals surface area contributed by atoms with E-state index in [1.807, 2.05) is 37.3 Å². The van der Waals surface area contributed by atoms with Gasteiger partial charge in [0.1, 0.15) is 16.9 Å². The molecule has 0 aliphatic carbocycles. The fourth-order valence-corrected chi connectivity index (χ4v) is 6.07. The van der Waals surface area contributed by atoms with Gasteiger partial charge >= 0.3 is 0 Å². The van der Waals surface area contributed by atoms with E-state index in [2.05, 4.69) is 19.9 Å². The highest BCUT2D eigenvalue weighted by Gasteiger charge is 2.43. The minimum Gasteiger partial charge on any atom is -0.493 e. The summed E-state index contributed by atoms with van der Waals surface area (Å²) < 4.78 is 27.1. The summed E-state index contributed by atoms with van der Waals surface area (Å²) in [5.74, 6) is 1.57. The molecule has 0 N–H and O–H groups in total. The van der Waals surface area contributed by atoms with Crippen LogP contribution in [0.4, 0.5) is 10.1 Å². The molecule has 10 heteroatoms. The van der Waals surface area contributed by atoms with Crippen molar-refractivity contribution < 1.29 is 18.7 Å². The third-order valence-corrected chi connectivity index (χ3v) is 7.57. The molecule has 2 aliphatic heterocycles. The first-order valence-corrected chi connectivity index (χ1v) is 12.6. The molecule has 2 unspecified atom stereocenters. The molecule has 3 aromatic rings. The van der Waals surface area contributed by atoms with Crippen LogP contribution in [0.15, 0.2) is 47.6 Å². The Hall–Kier alpha value is -3.11. The minimum atomic E-state index is -0.409. The van der Waals surface area contributed by atoms with Gasteiger partial charge in [-0.2, -0.15) is 4.68 Å². The van der Waals surface area contributed by atoms with Crippen LogP contribution in [0.5, 0.6) is 11.5 Å². The summed E-state index contributed by atoms with van der Waals surface area (Å²) in [6.45, 7) is 6.89. The van der Waals surface area contributed by atoms with Crippen LogP contribution in [-0.2, 0) is 0 Å². The second-order valence-corrected chi connectivity index (χ2v) is 9.60. The first-order chi connectivity index (χ1) is 17.0. The van der Waals surface area contributed by atoms with Crippen molar-refractivity contribution in [3.63, 3.8) is 0 Å². The summed E-state index contributed by atoms with van der Waals surface area (Å²) in [6, 6.07) is 12.5. The zero-order valence-corrected chi connectivity index (χ0v) is 20.8. The first-order valence-electron chi connectivity index (χ1n) is 11.7. The van der Waals surface area contributed by atoms with Crippen molar-refractivity contribution in [3.05, 3.63) is 59.7 Å². The summed E-state index contributed by atoms with van der Waals surface area (Å²) in [4.78, 5) is 22.2. The van der Waals surface area contributed by atoms with Gasteiger partial charge in [-0.3, -0.25) is 9.69 Å². The SMILES string of the molecule is CCOc1ccc(C(C2Sc3nc(C)nn3C2=O)N2CCN(c3ccccc3F)CC2)cc1OC. The molecule has 3 heterocycles. The van der Waals surface area contributed by atoms with Gasteiger partial charge in [0.2, 0.25) is 0 Å². The molecule has 1 fully saturated rings. The molecule has 2 aliphatic rings. The number of fused-ring (bicyclic) bond motifs is 1. The van der Waals surface area contributed by atoms with E-state index < -0.39 is 5.25 Å². The number of para-hydroxylation sites is 1. The van der Waals surface area contributed by atoms with Crippen LogP contribution >= 0.6 is 11.8 Å². The van der Waals surface area contributed by atoms with Gasteiger partial charge in [0, 0.05) is 26.2 Å². The van der Waals surface area contributed by atoms with E-state index in [-0.39, 0.29) is 17.8 Å².